The fourth-order valence-corrected chi connectivity index (χ4v) is 2.21. The van der Waals surface area contributed by atoms with E-state index in [1.165, 1.54) is 5.56 Å². The van der Waals surface area contributed by atoms with E-state index in [0.29, 0.717) is 6.04 Å². The van der Waals surface area contributed by atoms with E-state index >= 15 is 0 Å². The Morgan fingerprint density at radius 2 is 2.40 bits per heavy atom. The summed E-state index contributed by atoms with van der Waals surface area (Å²) in [4.78, 5) is 0. The quantitative estimate of drug-likeness (QED) is 0.838. The third-order valence-corrected chi connectivity index (χ3v) is 3.15. The SMILES string of the molecule is CC(NCCc1ccsc1)c1ccco1. The summed E-state index contributed by atoms with van der Waals surface area (Å²) in [7, 11) is 0. The topological polar surface area (TPSA) is 25.2 Å². The van der Waals surface area contributed by atoms with Gasteiger partial charge >= 0.3 is 0 Å². The van der Waals surface area contributed by atoms with Crippen LogP contribution in [0.3, 0.4) is 0 Å². The monoisotopic (exact) mass is 221 g/mol. The van der Waals surface area contributed by atoms with Crippen LogP contribution in [0.25, 0.3) is 0 Å². The molecule has 0 fully saturated rings. The van der Waals surface area contributed by atoms with E-state index in [1.807, 2.05) is 12.1 Å². The molecular formula is C12H15NOS. The van der Waals surface area contributed by atoms with Gasteiger partial charge in [0.2, 0.25) is 0 Å². The van der Waals surface area contributed by atoms with Crippen molar-refractivity contribution in [1.29, 1.82) is 0 Å². The summed E-state index contributed by atoms with van der Waals surface area (Å²) in [5.41, 5.74) is 1.40. The van der Waals surface area contributed by atoms with Crippen LogP contribution in [-0.2, 0) is 6.42 Å². The normalized spacial score (nSPS) is 12.9. The Hall–Kier alpha value is -1.06. The van der Waals surface area contributed by atoms with E-state index in [-0.39, 0.29) is 0 Å². The first-order chi connectivity index (χ1) is 7.36. The van der Waals surface area contributed by atoms with Gasteiger partial charge in [-0.1, -0.05) is 0 Å². The predicted molar refractivity (Wildman–Crippen MR) is 63.1 cm³/mol. The van der Waals surface area contributed by atoms with Crippen LogP contribution in [0.2, 0.25) is 0 Å². The molecule has 0 amide bonds. The minimum atomic E-state index is 0.290. The van der Waals surface area contributed by atoms with Gasteiger partial charge in [-0.05, 0) is 54.4 Å². The molecule has 1 N–H and O–H groups in total. The van der Waals surface area contributed by atoms with Crippen molar-refractivity contribution in [2.75, 3.05) is 6.54 Å². The van der Waals surface area contributed by atoms with Crippen molar-refractivity contribution in [3.05, 3.63) is 46.5 Å². The Kier molecular flexibility index (Phi) is 3.59. The molecule has 0 saturated carbocycles. The molecule has 0 bridgehead atoms. The predicted octanol–water partition coefficient (Wildman–Crippen LogP) is 3.23. The largest absolute Gasteiger partial charge is 0.468 e. The molecule has 0 aliphatic heterocycles. The fraction of sp³-hybridized carbons (Fsp3) is 0.333. The van der Waals surface area contributed by atoms with E-state index in [0.717, 1.165) is 18.7 Å². The zero-order valence-electron chi connectivity index (χ0n) is 8.77. The number of hydrogen-bond donors (Lipinski definition) is 1. The van der Waals surface area contributed by atoms with Crippen molar-refractivity contribution in [3.8, 4) is 0 Å². The van der Waals surface area contributed by atoms with Gasteiger partial charge in [-0.3, -0.25) is 0 Å². The number of hydrogen-bond acceptors (Lipinski definition) is 3. The smallest absolute Gasteiger partial charge is 0.120 e. The van der Waals surface area contributed by atoms with Gasteiger partial charge in [-0.25, -0.2) is 0 Å². The van der Waals surface area contributed by atoms with Crippen LogP contribution in [0.4, 0.5) is 0 Å². The van der Waals surface area contributed by atoms with Crippen LogP contribution >= 0.6 is 11.3 Å². The van der Waals surface area contributed by atoms with Crippen molar-refractivity contribution in [2.24, 2.45) is 0 Å². The first kappa shape index (κ1) is 10.5. The van der Waals surface area contributed by atoms with Gasteiger partial charge in [0, 0.05) is 0 Å². The molecule has 0 aliphatic carbocycles. The number of furan rings is 1. The standard InChI is InChI=1S/C12H15NOS/c1-10(12-3-2-7-14-12)13-6-4-11-5-8-15-9-11/h2-3,5,7-10,13H,4,6H2,1H3. The van der Waals surface area contributed by atoms with E-state index < -0.39 is 0 Å². The zero-order valence-corrected chi connectivity index (χ0v) is 9.59. The molecule has 1 atom stereocenters. The van der Waals surface area contributed by atoms with Crippen molar-refractivity contribution in [1.82, 2.24) is 5.32 Å². The van der Waals surface area contributed by atoms with Crippen molar-refractivity contribution >= 4 is 11.3 Å². The molecule has 15 heavy (non-hydrogen) atoms. The third kappa shape index (κ3) is 2.94. The second-order valence-electron chi connectivity index (χ2n) is 3.57. The van der Waals surface area contributed by atoms with Crippen molar-refractivity contribution < 1.29 is 4.42 Å². The first-order valence-electron chi connectivity index (χ1n) is 5.14. The highest BCUT2D eigenvalue weighted by Crippen LogP contribution is 2.12. The van der Waals surface area contributed by atoms with Gasteiger partial charge in [0.1, 0.15) is 5.76 Å². The highest BCUT2D eigenvalue weighted by molar-refractivity contribution is 7.07. The Balaban J connectivity index is 1.74. The lowest BCUT2D eigenvalue weighted by atomic mass is 10.2. The summed E-state index contributed by atoms with van der Waals surface area (Å²) < 4.78 is 5.32. The van der Waals surface area contributed by atoms with Crippen LogP contribution in [-0.4, -0.2) is 6.54 Å². The summed E-state index contributed by atoms with van der Waals surface area (Å²) in [6.07, 6.45) is 2.79. The molecule has 0 spiro atoms. The molecule has 2 rings (SSSR count). The molecule has 1 unspecified atom stereocenters. The molecule has 0 saturated heterocycles. The minimum Gasteiger partial charge on any atom is -0.468 e. The molecule has 2 heterocycles. The van der Waals surface area contributed by atoms with Crippen LogP contribution in [0.15, 0.2) is 39.6 Å². The maximum absolute atomic E-state index is 5.32. The number of thiophene rings is 1. The Bertz CT molecular complexity index is 366. The van der Waals surface area contributed by atoms with Crippen molar-refractivity contribution in [2.45, 2.75) is 19.4 Å². The second-order valence-corrected chi connectivity index (χ2v) is 4.35. The zero-order chi connectivity index (χ0) is 10.5. The van der Waals surface area contributed by atoms with Crippen LogP contribution in [0.5, 0.6) is 0 Å². The fourth-order valence-electron chi connectivity index (χ4n) is 1.51. The average molecular weight is 221 g/mol. The molecule has 0 radical (unpaired) electrons. The van der Waals surface area contributed by atoms with Crippen molar-refractivity contribution in [3.63, 3.8) is 0 Å². The number of rotatable bonds is 5. The molecule has 80 valence electrons. The third-order valence-electron chi connectivity index (χ3n) is 2.41. The summed E-state index contributed by atoms with van der Waals surface area (Å²) in [6.45, 7) is 3.10. The van der Waals surface area contributed by atoms with Gasteiger partial charge in [-0.15, -0.1) is 0 Å². The molecular weight excluding hydrogens is 206 g/mol. The van der Waals surface area contributed by atoms with E-state index in [1.54, 1.807) is 17.6 Å². The summed E-state index contributed by atoms with van der Waals surface area (Å²) in [5.74, 6) is 1.00. The Morgan fingerprint density at radius 1 is 1.47 bits per heavy atom. The second kappa shape index (κ2) is 5.14. The lowest BCUT2D eigenvalue weighted by molar-refractivity contribution is 0.433. The van der Waals surface area contributed by atoms with E-state index in [4.69, 9.17) is 4.42 Å². The Labute approximate surface area is 93.9 Å². The van der Waals surface area contributed by atoms with Gasteiger partial charge in [0.05, 0.1) is 12.3 Å². The maximum atomic E-state index is 5.32. The van der Waals surface area contributed by atoms with Crippen LogP contribution in [0.1, 0.15) is 24.3 Å². The molecule has 2 nitrogen and oxygen atoms in total. The molecule has 0 aliphatic rings. The molecule has 2 aromatic rings. The van der Waals surface area contributed by atoms with Crippen LogP contribution < -0.4 is 5.32 Å². The minimum absolute atomic E-state index is 0.290. The summed E-state index contributed by atoms with van der Waals surface area (Å²) in [6, 6.07) is 6.39. The number of nitrogens with one attached hydrogen (secondary N) is 1. The van der Waals surface area contributed by atoms with Gasteiger partial charge < -0.3 is 9.73 Å². The lowest BCUT2D eigenvalue weighted by Crippen LogP contribution is -2.20. The van der Waals surface area contributed by atoms with Gasteiger partial charge in [-0.2, -0.15) is 11.3 Å². The summed E-state index contributed by atoms with van der Waals surface area (Å²) >= 11 is 1.75. The lowest BCUT2D eigenvalue weighted by Gasteiger charge is -2.10. The highest BCUT2D eigenvalue weighted by atomic mass is 32.1. The highest BCUT2D eigenvalue weighted by Gasteiger charge is 2.06. The Morgan fingerprint density at radius 3 is 3.07 bits per heavy atom. The van der Waals surface area contributed by atoms with E-state index in [2.05, 4.69) is 29.1 Å². The maximum Gasteiger partial charge on any atom is 0.120 e. The van der Waals surface area contributed by atoms with Gasteiger partial charge in [0.25, 0.3) is 0 Å². The molecule has 0 aromatic carbocycles. The van der Waals surface area contributed by atoms with E-state index in [9.17, 15) is 0 Å². The van der Waals surface area contributed by atoms with Gasteiger partial charge in [0.15, 0.2) is 0 Å². The molecule has 3 heteroatoms. The summed E-state index contributed by atoms with van der Waals surface area (Å²) in [5, 5.41) is 7.74. The van der Waals surface area contributed by atoms with Crippen LogP contribution in [0, 0.1) is 0 Å². The average Bonchev–Trinajstić information content (AvgIpc) is 2.90. The molecule has 2 aromatic heterocycles. The first-order valence-corrected chi connectivity index (χ1v) is 6.08.